The van der Waals surface area contributed by atoms with Gasteiger partial charge >= 0.3 is 0 Å². The SMILES string of the molecule is CN(C)C1CC[C@H]2[C@@H]3CCc4cc(OCC(O)CNC(C)(C)C)ccc4[C@H]3CC[C@]12C. The zero-order chi connectivity index (χ0) is 22.4. The molecule has 2 N–H and O–H groups in total. The molecule has 0 spiro atoms. The monoisotopic (exact) mass is 428 g/mol. The Morgan fingerprint density at radius 1 is 1.19 bits per heavy atom. The maximum atomic E-state index is 10.2. The third-order valence-corrected chi connectivity index (χ3v) is 8.58. The molecule has 6 atom stereocenters. The molecule has 174 valence electrons. The average molecular weight is 429 g/mol. The van der Waals surface area contributed by atoms with E-state index in [1.807, 2.05) is 0 Å². The zero-order valence-corrected chi connectivity index (χ0v) is 20.6. The zero-order valence-electron chi connectivity index (χ0n) is 20.6. The van der Waals surface area contributed by atoms with Gasteiger partial charge in [0, 0.05) is 18.1 Å². The molecule has 3 aliphatic carbocycles. The molecule has 2 fully saturated rings. The van der Waals surface area contributed by atoms with Crippen LogP contribution in [0.15, 0.2) is 18.2 Å². The summed E-state index contributed by atoms with van der Waals surface area (Å²) in [6.07, 6.45) is 7.43. The molecule has 3 aliphatic rings. The summed E-state index contributed by atoms with van der Waals surface area (Å²) in [5.74, 6) is 3.33. The number of nitrogens with zero attached hydrogens (tertiary/aromatic N) is 1. The van der Waals surface area contributed by atoms with Gasteiger partial charge in [0.05, 0.1) is 0 Å². The molecule has 0 bridgehead atoms. The number of nitrogens with one attached hydrogen (secondary N) is 1. The largest absolute Gasteiger partial charge is 0.491 e. The number of benzene rings is 1. The van der Waals surface area contributed by atoms with Crippen LogP contribution in [0.1, 0.15) is 76.8 Å². The van der Waals surface area contributed by atoms with Gasteiger partial charge in [-0.05, 0) is 120 Å². The van der Waals surface area contributed by atoms with Gasteiger partial charge in [-0.2, -0.15) is 0 Å². The summed E-state index contributed by atoms with van der Waals surface area (Å²) in [6.45, 7) is 9.79. The second-order valence-electron chi connectivity index (χ2n) is 12.0. The minimum Gasteiger partial charge on any atom is -0.491 e. The van der Waals surface area contributed by atoms with Crippen LogP contribution in [0.25, 0.3) is 0 Å². The van der Waals surface area contributed by atoms with Gasteiger partial charge in [0.1, 0.15) is 18.5 Å². The van der Waals surface area contributed by atoms with Crippen LogP contribution < -0.4 is 10.1 Å². The van der Waals surface area contributed by atoms with Crippen molar-refractivity contribution in [1.29, 1.82) is 0 Å². The number of fused-ring (bicyclic) bond motifs is 5. The fraction of sp³-hybridized carbons (Fsp3) is 0.778. The van der Waals surface area contributed by atoms with Crippen molar-refractivity contribution in [3.63, 3.8) is 0 Å². The second-order valence-corrected chi connectivity index (χ2v) is 12.0. The number of aliphatic hydroxyl groups is 1. The first-order chi connectivity index (χ1) is 14.6. The topological polar surface area (TPSA) is 44.7 Å². The Labute approximate surface area is 189 Å². The van der Waals surface area contributed by atoms with Crippen LogP contribution in [0, 0.1) is 17.3 Å². The van der Waals surface area contributed by atoms with Gasteiger partial charge in [0.15, 0.2) is 0 Å². The van der Waals surface area contributed by atoms with Crippen LogP contribution in [-0.2, 0) is 6.42 Å². The lowest BCUT2D eigenvalue weighted by atomic mass is 9.55. The molecular formula is C27H44N2O2. The highest BCUT2D eigenvalue weighted by Crippen LogP contribution is 2.61. The summed E-state index contributed by atoms with van der Waals surface area (Å²) < 4.78 is 5.97. The third kappa shape index (κ3) is 4.67. The standard InChI is InChI=1S/C27H44N2O2/c1-26(2,3)28-16-19(30)17-31-20-8-10-21-18(15-20)7-9-23-22(21)13-14-27(4)24(23)11-12-25(27)29(5)6/h8,10,15,19,22-25,28,30H,7,9,11-14,16-17H2,1-6H3/t19?,22-,23-,24+,25?,27+/m1/s1. The molecule has 31 heavy (non-hydrogen) atoms. The fourth-order valence-electron chi connectivity index (χ4n) is 7.14. The highest BCUT2D eigenvalue weighted by molar-refractivity contribution is 5.40. The first-order valence-electron chi connectivity index (χ1n) is 12.4. The smallest absolute Gasteiger partial charge is 0.119 e. The van der Waals surface area contributed by atoms with E-state index in [4.69, 9.17) is 4.74 Å². The van der Waals surface area contributed by atoms with Gasteiger partial charge in [-0.25, -0.2) is 0 Å². The van der Waals surface area contributed by atoms with Gasteiger partial charge in [-0.15, -0.1) is 0 Å². The van der Waals surface area contributed by atoms with E-state index in [0.29, 0.717) is 18.6 Å². The molecule has 4 rings (SSSR count). The van der Waals surface area contributed by atoms with Gasteiger partial charge in [-0.3, -0.25) is 0 Å². The van der Waals surface area contributed by atoms with E-state index in [9.17, 15) is 5.11 Å². The summed E-state index contributed by atoms with van der Waals surface area (Å²) in [6, 6.07) is 7.47. The molecule has 0 aliphatic heterocycles. The lowest BCUT2D eigenvalue weighted by Gasteiger charge is -2.52. The maximum Gasteiger partial charge on any atom is 0.119 e. The Morgan fingerprint density at radius 3 is 2.68 bits per heavy atom. The molecule has 2 unspecified atom stereocenters. The highest BCUT2D eigenvalue weighted by Gasteiger charge is 2.55. The molecule has 0 aromatic heterocycles. The number of rotatable bonds is 6. The molecular weight excluding hydrogens is 384 g/mol. The quantitative estimate of drug-likeness (QED) is 0.695. The van der Waals surface area contributed by atoms with Gasteiger partial charge in [0.25, 0.3) is 0 Å². The van der Waals surface area contributed by atoms with Crippen molar-refractivity contribution in [2.75, 3.05) is 27.2 Å². The number of aryl methyl sites for hydroxylation is 1. The van der Waals surface area contributed by atoms with E-state index in [1.54, 1.807) is 5.56 Å². The maximum absolute atomic E-state index is 10.2. The van der Waals surface area contributed by atoms with Crippen molar-refractivity contribution in [3.8, 4) is 5.75 Å². The van der Waals surface area contributed by atoms with Crippen molar-refractivity contribution in [1.82, 2.24) is 10.2 Å². The Hall–Kier alpha value is -1.10. The first kappa shape index (κ1) is 23.1. The molecule has 4 nitrogen and oxygen atoms in total. The molecule has 1 aromatic rings. The van der Waals surface area contributed by atoms with Gasteiger partial charge in [-0.1, -0.05) is 13.0 Å². The summed E-state index contributed by atoms with van der Waals surface area (Å²) in [5, 5.41) is 13.6. The van der Waals surface area contributed by atoms with Crippen LogP contribution in [-0.4, -0.2) is 54.9 Å². The van der Waals surface area contributed by atoms with E-state index in [2.05, 4.69) is 70.2 Å². The molecule has 2 saturated carbocycles. The van der Waals surface area contributed by atoms with Crippen LogP contribution in [0.4, 0.5) is 0 Å². The molecule has 4 heteroatoms. The number of hydrogen-bond donors (Lipinski definition) is 2. The lowest BCUT2D eigenvalue weighted by Crippen LogP contribution is -2.48. The van der Waals surface area contributed by atoms with Crippen LogP contribution in [0.2, 0.25) is 0 Å². The van der Waals surface area contributed by atoms with Crippen LogP contribution >= 0.6 is 0 Å². The number of ether oxygens (including phenoxy) is 1. The van der Waals surface area contributed by atoms with E-state index >= 15 is 0 Å². The molecule has 0 saturated heterocycles. The van der Waals surface area contributed by atoms with Gasteiger partial charge in [0.2, 0.25) is 0 Å². The Kier molecular flexibility index (Phi) is 6.46. The second kappa shape index (κ2) is 8.68. The van der Waals surface area contributed by atoms with Gasteiger partial charge < -0.3 is 20.1 Å². The van der Waals surface area contributed by atoms with Crippen molar-refractivity contribution >= 4 is 0 Å². The minimum absolute atomic E-state index is 0.00525. The van der Waals surface area contributed by atoms with Crippen molar-refractivity contribution in [2.24, 2.45) is 17.3 Å². The first-order valence-corrected chi connectivity index (χ1v) is 12.4. The molecule has 1 aromatic carbocycles. The third-order valence-electron chi connectivity index (χ3n) is 8.58. The average Bonchev–Trinajstić information content (AvgIpc) is 3.07. The summed E-state index contributed by atoms with van der Waals surface area (Å²) >= 11 is 0. The highest BCUT2D eigenvalue weighted by atomic mass is 16.5. The van der Waals surface area contributed by atoms with Crippen molar-refractivity contribution in [2.45, 2.75) is 89.8 Å². The normalized spacial score (nSPS) is 33.5. The summed E-state index contributed by atoms with van der Waals surface area (Å²) in [7, 11) is 4.55. The Balaban J connectivity index is 1.41. The minimum atomic E-state index is -0.498. The number of β-amino-alcohol motifs (C(OH)–C–C–N with tert-alkyl or cyclic N) is 1. The van der Waals surface area contributed by atoms with E-state index in [-0.39, 0.29) is 5.54 Å². The lowest BCUT2D eigenvalue weighted by molar-refractivity contribution is 0.0145. The number of aliphatic hydroxyl groups excluding tert-OH is 1. The van der Waals surface area contributed by atoms with Crippen molar-refractivity contribution < 1.29 is 9.84 Å². The van der Waals surface area contributed by atoms with Crippen LogP contribution in [0.3, 0.4) is 0 Å². The Morgan fingerprint density at radius 2 is 1.97 bits per heavy atom. The number of hydrogen-bond acceptors (Lipinski definition) is 4. The van der Waals surface area contributed by atoms with E-state index in [1.165, 1.54) is 44.1 Å². The van der Waals surface area contributed by atoms with E-state index in [0.717, 1.165) is 29.5 Å². The fourth-order valence-corrected chi connectivity index (χ4v) is 7.14. The predicted octanol–water partition coefficient (Wildman–Crippen LogP) is 4.60. The molecule has 0 amide bonds. The van der Waals surface area contributed by atoms with E-state index < -0.39 is 6.10 Å². The summed E-state index contributed by atoms with van der Waals surface area (Å²) in [4.78, 5) is 2.49. The van der Waals surface area contributed by atoms with Crippen LogP contribution in [0.5, 0.6) is 5.75 Å². The predicted molar refractivity (Wildman–Crippen MR) is 128 cm³/mol. The van der Waals surface area contributed by atoms with Crippen molar-refractivity contribution in [3.05, 3.63) is 29.3 Å². The Bertz CT molecular complexity index is 771. The summed E-state index contributed by atoms with van der Waals surface area (Å²) in [5.41, 5.74) is 3.55. The molecule has 0 radical (unpaired) electrons. The molecule has 0 heterocycles.